The third kappa shape index (κ3) is 6.23. The van der Waals surface area contributed by atoms with E-state index in [1.807, 2.05) is 12.1 Å². The maximum Gasteiger partial charge on any atom is 0.280 e. The van der Waals surface area contributed by atoms with Crippen molar-refractivity contribution in [2.75, 3.05) is 19.6 Å². The van der Waals surface area contributed by atoms with Gasteiger partial charge in [0.2, 0.25) is 10.0 Å². The maximum atomic E-state index is 13.6. The van der Waals surface area contributed by atoms with Crippen LogP contribution < -0.4 is 10.0 Å². The molecule has 2 amide bonds. The van der Waals surface area contributed by atoms with Crippen molar-refractivity contribution in [2.24, 2.45) is 0 Å². The van der Waals surface area contributed by atoms with Crippen molar-refractivity contribution in [3.05, 3.63) is 47.1 Å². The first-order valence-corrected chi connectivity index (χ1v) is 15.0. The van der Waals surface area contributed by atoms with Gasteiger partial charge in [0.15, 0.2) is 5.01 Å². The van der Waals surface area contributed by atoms with Crippen molar-refractivity contribution in [3.63, 3.8) is 0 Å². The number of nitrogens with zero attached hydrogens (tertiary/aromatic N) is 2. The van der Waals surface area contributed by atoms with Gasteiger partial charge in [-0.2, -0.15) is 0 Å². The molecule has 0 bridgehead atoms. The van der Waals surface area contributed by atoms with Crippen molar-refractivity contribution in [2.45, 2.75) is 63.5 Å². The predicted molar refractivity (Wildman–Crippen MR) is 149 cm³/mol. The molecule has 0 spiro atoms. The van der Waals surface area contributed by atoms with Gasteiger partial charge in [-0.05, 0) is 58.4 Å². The number of likely N-dealkylation sites (tertiary alicyclic amines) is 1. The molecule has 3 N–H and O–H groups in total. The minimum Gasteiger partial charge on any atom is -0.389 e. The minimum atomic E-state index is -3.78. The molecule has 1 aliphatic rings. The highest BCUT2D eigenvalue weighted by molar-refractivity contribution is 7.89. The summed E-state index contributed by atoms with van der Waals surface area (Å²) in [5, 5.41) is 14.0. The molecule has 11 heteroatoms. The number of aliphatic hydroxyl groups is 1. The van der Waals surface area contributed by atoms with Crippen LogP contribution in [-0.2, 0) is 10.0 Å². The number of fused-ring (bicyclic) bond motifs is 1. The van der Waals surface area contributed by atoms with Crippen LogP contribution in [0.1, 0.15) is 67.2 Å². The zero-order chi connectivity index (χ0) is 27.7. The lowest BCUT2D eigenvalue weighted by Gasteiger charge is -2.26. The lowest BCUT2D eigenvalue weighted by molar-refractivity contribution is 0.0691. The number of thiazole rings is 1. The average molecular weight is 559 g/mol. The van der Waals surface area contributed by atoms with Crippen LogP contribution >= 0.6 is 11.3 Å². The normalized spacial score (nSPS) is 14.7. The van der Waals surface area contributed by atoms with Crippen LogP contribution in [0, 0.1) is 0 Å². The first-order valence-electron chi connectivity index (χ1n) is 12.7. The Bertz CT molecular complexity index is 1450. The number of carbonyl (C=O) groups excluding carboxylic acids is 2. The molecule has 9 nitrogen and oxygen atoms in total. The molecule has 2 heterocycles. The SMILES string of the molecule is CC(C)NS(=O)(=O)c1ccc(-c2sc(C(=O)NCC(C)(C)O)nc2C(=O)N2CCCCC2)c2ccccc12. The molecule has 38 heavy (non-hydrogen) atoms. The van der Waals surface area contributed by atoms with Crippen molar-refractivity contribution in [1.82, 2.24) is 19.9 Å². The lowest BCUT2D eigenvalue weighted by Crippen LogP contribution is -2.38. The van der Waals surface area contributed by atoms with E-state index in [0.717, 1.165) is 30.6 Å². The number of hydrogen-bond donors (Lipinski definition) is 3. The van der Waals surface area contributed by atoms with Crippen LogP contribution in [0.4, 0.5) is 0 Å². The van der Waals surface area contributed by atoms with Gasteiger partial charge in [-0.25, -0.2) is 18.1 Å². The molecule has 0 atom stereocenters. The van der Waals surface area contributed by atoms with E-state index in [4.69, 9.17) is 0 Å². The standard InChI is InChI=1S/C27H34N4O5S2/c1-17(2)30-38(35,36)21-13-12-20(18-10-6-7-11-19(18)21)23-22(26(33)31-14-8-5-9-15-31)29-25(37-23)24(32)28-16-27(3,4)34/h6-7,10-13,17,30,34H,5,8-9,14-16H2,1-4H3,(H,28,32). The average Bonchev–Trinajstić information content (AvgIpc) is 3.30. The summed E-state index contributed by atoms with van der Waals surface area (Å²) in [4.78, 5) is 33.5. The van der Waals surface area contributed by atoms with Crippen LogP contribution in [0.25, 0.3) is 21.2 Å². The molecule has 1 aliphatic heterocycles. The van der Waals surface area contributed by atoms with E-state index >= 15 is 0 Å². The molecular formula is C27H34N4O5S2. The fourth-order valence-corrected chi connectivity index (χ4v) is 6.92. The molecule has 0 saturated carbocycles. The Labute approximate surface area is 227 Å². The highest BCUT2D eigenvalue weighted by Gasteiger charge is 2.29. The second kappa shape index (κ2) is 11.1. The van der Waals surface area contributed by atoms with Gasteiger partial charge in [0.1, 0.15) is 5.69 Å². The number of carbonyl (C=O) groups is 2. The Morgan fingerprint density at radius 2 is 1.74 bits per heavy atom. The van der Waals surface area contributed by atoms with E-state index in [0.29, 0.717) is 34.3 Å². The van der Waals surface area contributed by atoms with Gasteiger partial charge in [0, 0.05) is 36.6 Å². The van der Waals surface area contributed by atoms with Crippen LogP contribution in [0.5, 0.6) is 0 Å². The highest BCUT2D eigenvalue weighted by atomic mass is 32.2. The number of amides is 2. The monoisotopic (exact) mass is 558 g/mol. The topological polar surface area (TPSA) is 129 Å². The van der Waals surface area contributed by atoms with Gasteiger partial charge >= 0.3 is 0 Å². The first-order chi connectivity index (χ1) is 17.9. The van der Waals surface area contributed by atoms with E-state index in [1.54, 1.807) is 50.8 Å². The summed E-state index contributed by atoms with van der Waals surface area (Å²) < 4.78 is 28.8. The quantitative estimate of drug-likeness (QED) is 0.386. The number of nitrogens with one attached hydrogen (secondary N) is 2. The summed E-state index contributed by atoms with van der Waals surface area (Å²) in [7, 11) is -3.78. The molecule has 3 aromatic rings. The molecule has 0 aliphatic carbocycles. The highest BCUT2D eigenvalue weighted by Crippen LogP contribution is 2.38. The number of piperidine rings is 1. The third-order valence-electron chi connectivity index (χ3n) is 6.16. The molecule has 2 aromatic carbocycles. The molecule has 0 radical (unpaired) electrons. The van der Waals surface area contributed by atoms with E-state index in [-0.39, 0.29) is 34.1 Å². The number of rotatable bonds is 8. The summed E-state index contributed by atoms with van der Waals surface area (Å²) >= 11 is 1.09. The predicted octanol–water partition coefficient (Wildman–Crippen LogP) is 3.78. The minimum absolute atomic E-state index is 0.0223. The molecule has 204 valence electrons. The second-order valence-corrected chi connectivity index (χ2v) is 13.2. The lowest BCUT2D eigenvalue weighted by atomic mass is 10.0. The Balaban J connectivity index is 1.85. The molecule has 1 fully saturated rings. The molecule has 0 unspecified atom stereocenters. The Morgan fingerprint density at radius 1 is 1.08 bits per heavy atom. The Hall–Kier alpha value is -2.86. The number of sulfonamides is 1. The third-order valence-corrected chi connectivity index (χ3v) is 8.96. The summed E-state index contributed by atoms with van der Waals surface area (Å²) in [5.74, 6) is -0.736. The smallest absolute Gasteiger partial charge is 0.280 e. The van der Waals surface area contributed by atoms with Crippen molar-refractivity contribution in [1.29, 1.82) is 0 Å². The van der Waals surface area contributed by atoms with E-state index in [9.17, 15) is 23.1 Å². The molecule has 4 rings (SSSR count). The van der Waals surface area contributed by atoms with Crippen molar-refractivity contribution < 1.29 is 23.1 Å². The van der Waals surface area contributed by atoms with Crippen LogP contribution in [-0.4, -0.2) is 66.5 Å². The van der Waals surface area contributed by atoms with Gasteiger partial charge < -0.3 is 15.3 Å². The number of hydrogen-bond acceptors (Lipinski definition) is 7. The summed E-state index contributed by atoms with van der Waals surface area (Å²) in [6.07, 6.45) is 2.87. The Kier molecular flexibility index (Phi) is 8.22. The summed E-state index contributed by atoms with van der Waals surface area (Å²) in [5.41, 5.74) is -0.307. The largest absolute Gasteiger partial charge is 0.389 e. The van der Waals surface area contributed by atoms with Gasteiger partial charge in [-0.15, -0.1) is 11.3 Å². The number of benzene rings is 2. The second-order valence-electron chi connectivity index (χ2n) is 10.5. The van der Waals surface area contributed by atoms with Crippen LogP contribution in [0.2, 0.25) is 0 Å². The fraction of sp³-hybridized carbons (Fsp3) is 0.444. The van der Waals surface area contributed by atoms with Crippen molar-refractivity contribution >= 4 is 43.9 Å². The zero-order valence-corrected chi connectivity index (χ0v) is 23.7. The first kappa shape index (κ1) is 28.2. The van der Waals surface area contributed by atoms with E-state index in [2.05, 4.69) is 15.0 Å². The van der Waals surface area contributed by atoms with Gasteiger partial charge in [0.25, 0.3) is 11.8 Å². The van der Waals surface area contributed by atoms with Crippen LogP contribution in [0.15, 0.2) is 41.3 Å². The fourth-order valence-electron chi connectivity index (χ4n) is 4.44. The van der Waals surface area contributed by atoms with Crippen LogP contribution in [0.3, 0.4) is 0 Å². The molecular weight excluding hydrogens is 524 g/mol. The number of aromatic nitrogens is 1. The van der Waals surface area contributed by atoms with Gasteiger partial charge in [0.05, 0.1) is 15.4 Å². The summed E-state index contributed by atoms with van der Waals surface area (Å²) in [6, 6.07) is 10.0. The molecule has 1 saturated heterocycles. The van der Waals surface area contributed by atoms with Crippen molar-refractivity contribution in [3.8, 4) is 10.4 Å². The summed E-state index contributed by atoms with van der Waals surface area (Å²) in [6.45, 7) is 7.95. The zero-order valence-electron chi connectivity index (χ0n) is 22.1. The maximum absolute atomic E-state index is 13.6. The van der Waals surface area contributed by atoms with E-state index in [1.165, 1.54) is 6.07 Å². The Morgan fingerprint density at radius 3 is 2.37 bits per heavy atom. The van der Waals surface area contributed by atoms with Gasteiger partial charge in [-0.1, -0.05) is 30.3 Å². The molecule has 1 aromatic heterocycles. The van der Waals surface area contributed by atoms with E-state index < -0.39 is 21.5 Å². The van der Waals surface area contributed by atoms with Gasteiger partial charge in [-0.3, -0.25) is 9.59 Å².